The molecule has 4 heterocycles. The Morgan fingerprint density at radius 2 is 1.39 bits per heavy atom. The Balaban J connectivity index is 0.872. The van der Waals surface area contributed by atoms with Crippen molar-refractivity contribution in [2.45, 2.75) is 146 Å². The van der Waals surface area contributed by atoms with Crippen LogP contribution in [0.1, 0.15) is 144 Å². The smallest absolute Gasteiger partial charge is 0.407 e. The number of rotatable bonds is 12. The number of carbonyl (C=O) groups is 4. The van der Waals surface area contributed by atoms with Gasteiger partial charge in [0.25, 0.3) is 0 Å². The molecule has 0 radical (unpaired) electrons. The lowest BCUT2D eigenvalue weighted by atomic mass is 9.72. The topological polar surface area (TPSA) is 170 Å². The lowest BCUT2D eigenvalue weighted by Gasteiger charge is -2.34. The number of nitrogens with zero attached hydrogens (tertiary/aromatic N) is 3. The molecule has 2 saturated heterocycles. The Hall–Kier alpha value is -6.05. The predicted molar refractivity (Wildman–Crippen MR) is 266 cm³/mol. The second kappa shape index (κ2) is 18.0. The van der Waals surface area contributed by atoms with Crippen LogP contribution in [0.5, 0.6) is 0 Å². The molecule has 14 heteroatoms. The van der Waals surface area contributed by atoms with Crippen molar-refractivity contribution >= 4 is 35.4 Å². The van der Waals surface area contributed by atoms with Gasteiger partial charge in [-0.3, -0.25) is 9.59 Å². The summed E-state index contributed by atoms with van der Waals surface area (Å²) in [7, 11) is 2.65. The van der Waals surface area contributed by atoms with Crippen molar-refractivity contribution in [2.24, 2.45) is 17.8 Å². The zero-order chi connectivity index (χ0) is 47.8. The molecule has 4 amide bonds. The highest BCUT2D eigenvalue weighted by molar-refractivity contribution is 5.90. The molecule has 3 aromatic carbocycles. The molecular formula is C55H68N8O6. The molecule has 4 fully saturated rings. The normalized spacial score (nSPS) is 26.0. The van der Waals surface area contributed by atoms with E-state index in [4.69, 9.17) is 14.5 Å². The number of ether oxygens (including phenoxy) is 2. The maximum absolute atomic E-state index is 14.1. The first-order valence-electron chi connectivity index (χ1n) is 25.8. The average molecular weight is 937 g/mol. The minimum atomic E-state index is -0.679. The molecule has 3 aliphatic heterocycles. The number of alkyl carbamates (subject to hydrolysis) is 2. The van der Waals surface area contributed by atoms with Crippen LogP contribution < -0.4 is 21.3 Å². The van der Waals surface area contributed by atoms with Crippen molar-refractivity contribution in [3.63, 3.8) is 0 Å². The second-order valence-electron chi connectivity index (χ2n) is 21.4. The van der Waals surface area contributed by atoms with Gasteiger partial charge in [0.05, 0.1) is 49.6 Å². The van der Waals surface area contributed by atoms with E-state index >= 15 is 0 Å². The van der Waals surface area contributed by atoms with Crippen LogP contribution in [-0.4, -0.2) is 95.4 Å². The summed E-state index contributed by atoms with van der Waals surface area (Å²) in [5, 5.41) is 13.1. The zero-order valence-corrected chi connectivity index (χ0v) is 41.0. The van der Waals surface area contributed by atoms with E-state index in [1.54, 1.807) is 5.56 Å². The van der Waals surface area contributed by atoms with Crippen molar-refractivity contribution in [1.82, 2.24) is 30.4 Å². The summed E-state index contributed by atoms with van der Waals surface area (Å²) >= 11 is 0. The molecule has 1 aromatic heterocycles. The Morgan fingerprint density at radius 1 is 0.739 bits per heavy atom. The fraction of sp³-hybridized carbons (Fsp3) is 0.545. The number of benzene rings is 3. The number of H-pyrrole nitrogens is 1. The van der Waals surface area contributed by atoms with Crippen molar-refractivity contribution < 1.29 is 28.7 Å². The van der Waals surface area contributed by atoms with Gasteiger partial charge in [-0.2, -0.15) is 0 Å². The Bertz CT molecular complexity index is 2700. The second-order valence-corrected chi connectivity index (χ2v) is 21.4. The predicted octanol–water partition coefficient (Wildman–Crippen LogP) is 9.79. The number of hydrogen-bond acceptors (Lipinski definition) is 9. The molecule has 14 nitrogen and oxygen atoms in total. The summed E-state index contributed by atoms with van der Waals surface area (Å²) in [6.07, 6.45) is 12.1. The van der Waals surface area contributed by atoms with Crippen LogP contribution in [0.2, 0.25) is 0 Å². The maximum Gasteiger partial charge on any atom is 0.407 e. The van der Waals surface area contributed by atoms with Gasteiger partial charge in [0.1, 0.15) is 24.1 Å². The summed E-state index contributed by atoms with van der Waals surface area (Å²) in [4.78, 5) is 65.0. The van der Waals surface area contributed by atoms with Crippen LogP contribution in [0.3, 0.4) is 0 Å². The molecule has 6 unspecified atom stereocenters. The average Bonchev–Trinajstić information content (AvgIpc) is 4.22. The Kier molecular flexibility index (Phi) is 11.9. The highest BCUT2D eigenvalue weighted by Crippen LogP contribution is 2.61. The van der Waals surface area contributed by atoms with Crippen LogP contribution in [0.25, 0.3) is 33.5 Å². The number of anilines is 2. The van der Waals surface area contributed by atoms with Crippen molar-refractivity contribution in [1.29, 1.82) is 0 Å². The largest absolute Gasteiger partial charge is 0.453 e. The molecule has 2 bridgehead atoms. The highest BCUT2D eigenvalue weighted by atomic mass is 16.5. The number of hydrogen-bond donors (Lipinski definition) is 5. The quantitative estimate of drug-likeness (QED) is 0.0928. The van der Waals surface area contributed by atoms with Crippen LogP contribution in [0.4, 0.5) is 21.0 Å². The third kappa shape index (κ3) is 7.71. The number of amides is 4. The van der Waals surface area contributed by atoms with Gasteiger partial charge in [-0.25, -0.2) is 14.6 Å². The molecule has 69 heavy (non-hydrogen) atoms. The van der Waals surface area contributed by atoms with E-state index in [0.29, 0.717) is 36.8 Å². The van der Waals surface area contributed by atoms with Crippen LogP contribution in [0, 0.1) is 17.8 Å². The standard InChI is InChI=1S/C55H68N8O6/c1-7-29(4)49(61-55(67)69-6)53(65)63-23-9-11-44(63)51-57-40-21-15-31(26-41(40)58-51)34-17-19-37(46-33-13-12-32(24-33)45(34)46)38-20-18-36(39-25-30-14-16-35(30)47(38)39)42-27-56-50(59-42)43-10-8-22-62(43)52(64)48(28(2)3)60-54(66)68-5/h15,17-21,26-30,32-33,35,43-44,48-49,51,57-58H,7-14,16,22-25H2,1-6H3,(H,56,59)(H,60,66)(H,61,67)/t29?,30?,32?,33?,35?,43-,44-,48-,49-,51?/m0/s1. The molecule has 2 saturated carbocycles. The van der Waals surface area contributed by atoms with Crippen LogP contribution >= 0.6 is 0 Å². The molecule has 4 aromatic rings. The van der Waals surface area contributed by atoms with E-state index in [0.717, 1.165) is 61.4 Å². The maximum atomic E-state index is 14.1. The van der Waals surface area contributed by atoms with E-state index in [2.05, 4.69) is 68.7 Å². The number of imidazole rings is 1. The molecular weight excluding hydrogens is 869 g/mol. The number of likely N-dealkylation sites (tertiary alicyclic amines) is 2. The van der Waals surface area contributed by atoms with Crippen molar-refractivity contribution in [2.75, 3.05) is 37.9 Å². The lowest BCUT2D eigenvalue weighted by molar-refractivity contribution is -0.136. The minimum Gasteiger partial charge on any atom is -0.453 e. The van der Waals surface area contributed by atoms with Gasteiger partial charge in [0.2, 0.25) is 11.8 Å². The van der Waals surface area contributed by atoms with Gasteiger partial charge >= 0.3 is 12.2 Å². The number of nitrogens with one attached hydrogen (secondary N) is 5. The first kappa shape index (κ1) is 45.4. The Labute approximate surface area is 405 Å². The van der Waals surface area contributed by atoms with E-state index in [-0.39, 0.29) is 41.9 Å². The molecule has 5 N–H and O–H groups in total. The molecule has 4 aliphatic carbocycles. The zero-order valence-electron chi connectivity index (χ0n) is 41.0. The van der Waals surface area contributed by atoms with Gasteiger partial charge in [-0.05, 0) is 156 Å². The molecule has 364 valence electrons. The van der Waals surface area contributed by atoms with Crippen molar-refractivity contribution in [3.05, 3.63) is 76.7 Å². The van der Waals surface area contributed by atoms with E-state index in [9.17, 15) is 19.2 Å². The third-order valence-corrected chi connectivity index (χ3v) is 17.4. The van der Waals surface area contributed by atoms with E-state index in [1.807, 2.05) is 43.7 Å². The van der Waals surface area contributed by atoms with Crippen molar-refractivity contribution in [3.8, 4) is 33.5 Å². The van der Waals surface area contributed by atoms with E-state index < -0.39 is 24.3 Å². The summed E-state index contributed by atoms with van der Waals surface area (Å²) < 4.78 is 9.75. The monoisotopic (exact) mass is 937 g/mol. The summed E-state index contributed by atoms with van der Waals surface area (Å²) in [6.45, 7) is 9.19. The van der Waals surface area contributed by atoms with Gasteiger partial charge < -0.3 is 45.5 Å². The number of aromatic nitrogens is 2. The van der Waals surface area contributed by atoms with Gasteiger partial charge in [0, 0.05) is 18.7 Å². The summed E-state index contributed by atoms with van der Waals surface area (Å²) in [6, 6.07) is 14.7. The SMILES string of the molecule is CCC(C)[C@H](NC(=O)OC)C(=O)N1CCC[C@H]1C1Nc2ccc(-c3ccc(-c4ccc(-c5cnc([C@@H]6CCCN6C(=O)[C@@H](NC(=O)OC)C(C)C)[nH]5)c5c4C4CCC4C5)c4c3C3CCC4C3)cc2N1. The first-order chi connectivity index (χ1) is 33.5. The van der Waals surface area contributed by atoms with Crippen LogP contribution in [0.15, 0.2) is 48.7 Å². The minimum absolute atomic E-state index is 0.0324. The van der Waals surface area contributed by atoms with Gasteiger partial charge in [0.15, 0.2) is 0 Å². The molecule has 11 rings (SSSR count). The molecule has 7 aliphatic rings. The lowest BCUT2D eigenvalue weighted by Crippen LogP contribution is -2.56. The number of methoxy groups -OCH3 is 2. The Morgan fingerprint density at radius 3 is 2.10 bits per heavy atom. The van der Waals surface area contributed by atoms with E-state index in [1.165, 1.54) is 90.8 Å². The van der Waals surface area contributed by atoms with Crippen LogP contribution in [-0.2, 0) is 25.5 Å². The van der Waals surface area contributed by atoms with Gasteiger partial charge in [-0.15, -0.1) is 0 Å². The third-order valence-electron chi connectivity index (χ3n) is 17.4. The molecule has 0 spiro atoms. The molecule has 10 atom stereocenters. The number of aromatic amines is 1. The number of fused-ring (bicyclic) bond motifs is 9. The fourth-order valence-corrected chi connectivity index (χ4v) is 13.6. The first-order valence-corrected chi connectivity index (χ1v) is 25.8. The summed E-state index contributed by atoms with van der Waals surface area (Å²) in [5.74, 6) is 2.82. The van der Waals surface area contributed by atoms with Gasteiger partial charge in [-0.1, -0.05) is 64.4 Å². The number of carbonyl (C=O) groups excluding carboxylic acids is 4. The fourth-order valence-electron chi connectivity index (χ4n) is 13.6. The summed E-state index contributed by atoms with van der Waals surface area (Å²) in [5.41, 5.74) is 15.7. The highest BCUT2D eigenvalue weighted by Gasteiger charge is 2.46.